The Labute approximate surface area is 125 Å². The first-order valence-corrected chi connectivity index (χ1v) is 7.20. The van der Waals surface area contributed by atoms with E-state index in [2.05, 4.69) is 5.32 Å². The molecule has 2 N–H and O–H groups in total. The third-order valence-corrected chi connectivity index (χ3v) is 3.89. The van der Waals surface area contributed by atoms with Crippen LogP contribution in [0.4, 0.5) is 0 Å². The van der Waals surface area contributed by atoms with E-state index in [-0.39, 0.29) is 17.7 Å². The Morgan fingerprint density at radius 1 is 1.14 bits per heavy atom. The summed E-state index contributed by atoms with van der Waals surface area (Å²) in [5, 5.41) is 11.6. The van der Waals surface area contributed by atoms with Gasteiger partial charge in [-0.1, -0.05) is 13.8 Å². The van der Waals surface area contributed by atoms with Crippen LogP contribution >= 0.6 is 0 Å². The van der Waals surface area contributed by atoms with Gasteiger partial charge in [-0.3, -0.25) is 9.59 Å². The number of carbonyl (C=O) groups is 2. The van der Waals surface area contributed by atoms with E-state index in [0.717, 1.165) is 17.7 Å². The summed E-state index contributed by atoms with van der Waals surface area (Å²) in [5.74, 6) is 0.482. The molecule has 1 amide bonds. The summed E-state index contributed by atoms with van der Waals surface area (Å²) < 4.78 is 5.45. The Bertz CT molecular complexity index is 529. The van der Waals surface area contributed by atoms with E-state index < -0.39 is 5.97 Å². The Morgan fingerprint density at radius 3 is 2.24 bits per heavy atom. The minimum atomic E-state index is -0.785. The van der Waals surface area contributed by atoms with Crippen LogP contribution in [0.15, 0.2) is 4.42 Å². The molecule has 0 spiro atoms. The minimum absolute atomic E-state index is 0.109. The van der Waals surface area contributed by atoms with E-state index >= 15 is 0 Å². The zero-order chi connectivity index (χ0) is 16.2. The first kappa shape index (κ1) is 17.3. The smallest absolute Gasteiger partial charge is 0.303 e. The quantitative estimate of drug-likeness (QED) is 0.809. The largest absolute Gasteiger partial charge is 0.481 e. The minimum Gasteiger partial charge on any atom is -0.481 e. The number of aryl methyl sites for hydroxylation is 2. The number of aliphatic carboxylic acids is 1. The Kier molecular flexibility index (Phi) is 5.58. The number of carboxylic acid groups (broad SMARTS) is 1. The van der Waals surface area contributed by atoms with Crippen molar-refractivity contribution in [3.05, 3.63) is 22.6 Å². The SMILES string of the molecule is Cc1oc(C)c(C(=O)NCCC(C)(C)CCC(=O)O)c1C. The summed E-state index contributed by atoms with van der Waals surface area (Å²) >= 11 is 0. The number of amides is 1. The summed E-state index contributed by atoms with van der Waals surface area (Å²) in [6, 6.07) is 0. The molecule has 1 heterocycles. The van der Waals surface area contributed by atoms with Crippen molar-refractivity contribution < 1.29 is 19.1 Å². The first-order chi connectivity index (χ1) is 9.64. The van der Waals surface area contributed by atoms with Gasteiger partial charge in [0.25, 0.3) is 5.91 Å². The van der Waals surface area contributed by atoms with Gasteiger partial charge < -0.3 is 14.8 Å². The summed E-state index contributed by atoms with van der Waals surface area (Å²) in [6.45, 7) is 10.0. The highest BCUT2D eigenvalue weighted by Crippen LogP contribution is 2.26. The molecule has 0 radical (unpaired) electrons. The normalized spacial score (nSPS) is 11.5. The second-order valence-corrected chi connectivity index (χ2v) is 6.28. The molecular formula is C16H25NO4. The van der Waals surface area contributed by atoms with E-state index in [4.69, 9.17) is 9.52 Å². The maximum atomic E-state index is 12.2. The van der Waals surface area contributed by atoms with Crippen LogP contribution in [0.2, 0.25) is 0 Å². The highest BCUT2D eigenvalue weighted by atomic mass is 16.4. The van der Waals surface area contributed by atoms with Crippen LogP contribution < -0.4 is 5.32 Å². The lowest BCUT2D eigenvalue weighted by molar-refractivity contribution is -0.137. The molecule has 5 heteroatoms. The van der Waals surface area contributed by atoms with E-state index in [1.165, 1.54) is 0 Å². The predicted molar refractivity (Wildman–Crippen MR) is 80.5 cm³/mol. The summed E-state index contributed by atoms with van der Waals surface area (Å²) in [5.41, 5.74) is 1.37. The first-order valence-electron chi connectivity index (χ1n) is 7.20. The number of hydrogen-bond acceptors (Lipinski definition) is 3. The number of rotatable bonds is 7. The van der Waals surface area contributed by atoms with Crippen molar-refractivity contribution in [2.75, 3.05) is 6.54 Å². The molecule has 0 saturated carbocycles. The predicted octanol–water partition coefficient (Wildman–Crippen LogP) is 3.22. The number of furan rings is 1. The lowest BCUT2D eigenvalue weighted by Crippen LogP contribution is -2.29. The summed E-state index contributed by atoms with van der Waals surface area (Å²) in [4.78, 5) is 22.8. The van der Waals surface area contributed by atoms with Crippen LogP contribution in [-0.2, 0) is 4.79 Å². The van der Waals surface area contributed by atoms with Crippen LogP contribution in [0.25, 0.3) is 0 Å². The van der Waals surface area contributed by atoms with Crippen molar-refractivity contribution in [1.29, 1.82) is 0 Å². The zero-order valence-electron chi connectivity index (χ0n) is 13.5. The maximum Gasteiger partial charge on any atom is 0.303 e. The molecule has 118 valence electrons. The molecule has 0 fully saturated rings. The zero-order valence-corrected chi connectivity index (χ0v) is 13.5. The van der Waals surface area contributed by atoms with Gasteiger partial charge in [-0.15, -0.1) is 0 Å². The van der Waals surface area contributed by atoms with Gasteiger partial charge in [0.15, 0.2) is 0 Å². The van der Waals surface area contributed by atoms with Crippen molar-refractivity contribution >= 4 is 11.9 Å². The molecule has 0 unspecified atom stereocenters. The highest BCUT2D eigenvalue weighted by molar-refractivity contribution is 5.96. The highest BCUT2D eigenvalue weighted by Gasteiger charge is 2.21. The van der Waals surface area contributed by atoms with Crippen LogP contribution in [-0.4, -0.2) is 23.5 Å². The topological polar surface area (TPSA) is 79.5 Å². The van der Waals surface area contributed by atoms with Crippen molar-refractivity contribution in [1.82, 2.24) is 5.32 Å². The molecule has 0 aliphatic heterocycles. The maximum absolute atomic E-state index is 12.2. The number of nitrogens with one attached hydrogen (secondary N) is 1. The fraction of sp³-hybridized carbons (Fsp3) is 0.625. The fourth-order valence-corrected chi connectivity index (χ4v) is 2.30. The fourth-order valence-electron chi connectivity index (χ4n) is 2.30. The number of carbonyl (C=O) groups excluding carboxylic acids is 1. The summed E-state index contributed by atoms with van der Waals surface area (Å²) in [7, 11) is 0. The molecule has 0 aliphatic rings. The Hall–Kier alpha value is -1.78. The molecule has 0 aliphatic carbocycles. The van der Waals surface area contributed by atoms with Gasteiger partial charge in [0.2, 0.25) is 0 Å². The summed E-state index contributed by atoms with van der Waals surface area (Å²) in [6.07, 6.45) is 1.49. The molecular weight excluding hydrogens is 270 g/mol. The van der Waals surface area contributed by atoms with Gasteiger partial charge in [-0.25, -0.2) is 0 Å². The van der Waals surface area contributed by atoms with Crippen LogP contribution in [0, 0.1) is 26.2 Å². The van der Waals surface area contributed by atoms with E-state index in [9.17, 15) is 9.59 Å². The third kappa shape index (κ3) is 4.92. The number of hydrogen-bond donors (Lipinski definition) is 2. The number of carboxylic acids is 1. The van der Waals surface area contributed by atoms with Crippen LogP contribution in [0.1, 0.15) is 60.6 Å². The third-order valence-electron chi connectivity index (χ3n) is 3.89. The molecule has 0 aromatic carbocycles. The molecule has 1 aromatic rings. The molecule has 1 rings (SSSR count). The van der Waals surface area contributed by atoms with Crippen LogP contribution in [0.3, 0.4) is 0 Å². The molecule has 0 saturated heterocycles. The van der Waals surface area contributed by atoms with Gasteiger partial charge in [0.05, 0.1) is 5.56 Å². The van der Waals surface area contributed by atoms with E-state index in [1.807, 2.05) is 27.7 Å². The molecule has 0 bridgehead atoms. The van der Waals surface area contributed by atoms with Crippen molar-refractivity contribution in [3.63, 3.8) is 0 Å². The molecule has 21 heavy (non-hydrogen) atoms. The van der Waals surface area contributed by atoms with Gasteiger partial charge in [0.1, 0.15) is 11.5 Å². The van der Waals surface area contributed by atoms with Gasteiger partial charge >= 0.3 is 5.97 Å². The van der Waals surface area contributed by atoms with Gasteiger partial charge in [-0.05, 0) is 39.0 Å². The lowest BCUT2D eigenvalue weighted by Gasteiger charge is -2.23. The van der Waals surface area contributed by atoms with E-state index in [0.29, 0.717) is 24.3 Å². The van der Waals surface area contributed by atoms with Crippen molar-refractivity contribution in [3.8, 4) is 0 Å². The monoisotopic (exact) mass is 295 g/mol. The lowest BCUT2D eigenvalue weighted by atomic mass is 9.84. The average molecular weight is 295 g/mol. The van der Waals surface area contributed by atoms with Gasteiger partial charge in [-0.2, -0.15) is 0 Å². The van der Waals surface area contributed by atoms with Crippen molar-refractivity contribution in [2.45, 2.75) is 53.9 Å². The standard InChI is InChI=1S/C16H25NO4/c1-10-11(2)21-12(3)14(10)15(20)17-9-8-16(4,5)7-6-13(18)19/h6-9H2,1-5H3,(H,17,20)(H,18,19). The molecule has 0 atom stereocenters. The van der Waals surface area contributed by atoms with Crippen molar-refractivity contribution in [2.24, 2.45) is 5.41 Å². The average Bonchev–Trinajstić information content (AvgIpc) is 2.60. The second kappa shape index (κ2) is 6.78. The van der Waals surface area contributed by atoms with Crippen LogP contribution in [0.5, 0.6) is 0 Å². The second-order valence-electron chi connectivity index (χ2n) is 6.28. The molecule has 5 nitrogen and oxygen atoms in total. The van der Waals surface area contributed by atoms with Gasteiger partial charge in [0, 0.05) is 18.5 Å². The molecule has 1 aromatic heterocycles. The van der Waals surface area contributed by atoms with E-state index in [1.54, 1.807) is 6.92 Å². The Morgan fingerprint density at radius 2 is 1.76 bits per heavy atom. The Balaban J connectivity index is 2.52.